The van der Waals surface area contributed by atoms with E-state index in [1.54, 1.807) is 6.20 Å². The minimum Gasteiger partial charge on any atom is -0.317 e. The van der Waals surface area contributed by atoms with Gasteiger partial charge in [-0.1, -0.05) is 31.4 Å². The lowest BCUT2D eigenvalue weighted by Crippen LogP contribution is -2.30. The molecule has 0 bridgehead atoms. The maximum atomic E-state index is 6.35. The summed E-state index contributed by atoms with van der Waals surface area (Å²) < 4.78 is 2.08. The summed E-state index contributed by atoms with van der Waals surface area (Å²) in [7, 11) is 0. The first-order valence-corrected chi connectivity index (χ1v) is 7.57. The molecule has 3 nitrogen and oxygen atoms in total. The standard InChI is InChI=1S/C14H24ClN3/c1-3-16-9-11-7-5-6-8-12(11)14-13(15)10-17-18(14)4-2/h10-12,16H,3-9H2,1-2H3. The molecule has 1 aromatic heterocycles. The van der Waals surface area contributed by atoms with E-state index in [1.165, 1.54) is 31.4 Å². The first kappa shape index (κ1) is 13.9. The molecule has 1 aromatic rings. The molecule has 1 N–H and O–H groups in total. The number of nitrogens with one attached hydrogen (secondary N) is 1. The molecule has 0 aliphatic heterocycles. The highest BCUT2D eigenvalue weighted by atomic mass is 35.5. The van der Waals surface area contributed by atoms with Gasteiger partial charge in [0.1, 0.15) is 0 Å². The van der Waals surface area contributed by atoms with Gasteiger partial charge in [-0.2, -0.15) is 5.10 Å². The second kappa shape index (κ2) is 6.58. The minimum atomic E-state index is 0.577. The van der Waals surface area contributed by atoms with Crippen molar-refractivity contribution >= 4 is 11.6 Å². The number of rotatable bonds is 5. The normalized spacial score (nSPS) is 24.4. The van der Waals surface area contributed by atoms with Crippen molar-refractivity contribution in [1.82, 2.24) is 15.1 Å². The van der Waals surface area contributed by atoms with Crippen molar-refractivity contribution in [2.24, 2.45) is 5.92 Å². The Morgan fingerprint density at radius 1 is 1.39 bits per heavy atom. The lowest BCUT2D eigenvalue weighted by molar-refractivity contribution is 0.285. The van der Waals surface area contributed by atoms with Gasteiger partial charge in [0, 0.05) is 12.5 Å². The molecule has 18 heavy (non-hydrogen) atoms. The van der Waals surface area contributed by atoms with Crippen LogP contribution in [0.3, 0.4) is 0 Å². The molecule has 0 saturated heterocycles. The zero-order valence-corrected chi connectivity index (χ0v) is 12.2. The van der Waals surface area contributed by atoms with Crippen LogP contribution in [0, 0.1) is 5.92 Å². The first-order valence-electron chi connectivity index (χ1n) is 7.19. The van der Waals surface area contributed by atoms with Crippen molar-refractivity contribution < 1.29 is 0 Å². The number of halogens is 1. The van der Waals surface area contributed by atoms with Crippen LogP contribution in [-0.2, 0) is 6.54 Å². The zero-order chi connectivity index (χ0) is 13.0. The molecule has 2 atom stereocenters. The topological polar surface area (TPSA) is 29.9 Å². The van der Waals surface area contributed by atoms with Crippen LogP contribution < -0.4 is 5.32 Å². The van der Waals surface area contributed by atoms with Gasteiger partial charge in [-0.15, -0.1) is 0 Å². The smallest absolute Gasteiger partial charge is 0.0820 e. The highest BCUT2D eigenvalue weighted by molar-refractivity contribution is 6.31. The van der Waals surface area contributed by atoms with E-state index in [0.29, 0.717) is 11.8 Å². The van der Waals surface area contributed by atoms with Crippen LogP contribution in [-0.4, -0.2) is 22.9 Å². The monoisotopic (exact) mass is 269 g/mol. The Hall–Kier alpha value is -0.540. The van der Waals surface area contributed by atoms with Gasteiger partial charge in [0.2, 0.25) is 0 Å². The molecule has 0 radical (unpaired) electrons. The van der Waals surface area contributed by atoms with Gasteiger partial charge >= 0.3 is 0 Å². The summed E-state index contributed by atoms with van der Waals surface area (Å²) in [5, 5.41) is 8.73. The Morgan fingerprint density at radius 2 is 2.17 bits per heavy atom. The highest BCUT2D eigenvalue weighted by Gasteiger charge is 2.30. The number of nitrogens with zero attached hydrogens (tertiary/aromatic N) is 2. The minimum absolute atomic E-state index is 0.577. The lowest BCUT2D eigenvalue weighted by Gasteiger charge is -2.32. The van der Waals surface area contributed by atoms with Crippen molar-refractivity contribution in [1.29, 1.82) is 0 Å². The SMILES string of the molecule is CCNCC1CCCCC1c1c(Cl)cnn1CC. The summed E-state index contributed by atoms with van der Waals surface area (Å²) in [5.74, 6) is 1.28. The quantitative estimate of drug-likeness (QED) is 0.887. The third-order valence-electron chi connectivity index (χ3n) is 4.05. The van der Waals surface area contributed by atoms with E-state index < -0.39 is 0 Å². The second-order valence-corrected chi connectivity index (χ2v) is 5.56. The van der Waals surface area contributed by atoms with Crippen LogP contribution in [0.1, 0.15) is 51.1 Å². The molecule has 0 aromatic carbocycles. The van der Waals surface area contributed by atoms with Crippen LogP contribution in [0.5, 0.6) is 0 Å². The Labute approximate surface area is 115 Å². The predicted molar refractivity (Wildman–Crippen MR) is 76.2 cm³/mol. The number of hydrogen-bond donors (Lipinski definition) is 1. The summed E-state index contributed by atoms with van der Waals surface area (Å²) in [6, 6.07) is 0. The number of hydrogen-bond acceptors (Lipinski definition) is 2. The van der Waals surface area contributed by atoms with Gasteiger partial charge < -0.3 is 5.32 Å². The van der Waals surface area contributed by atoms with E-state index in [1.807, 2.05) is 0 Å². The molecule has 102 valence electrons. The maximum absolute atomic E-state index is 6.35. The number of aryl methyl sites for hydroxylation is 1. The summed E-state index contributed by atoms with van der Waals surface area (Å²) in [4.78, 5) is 0. The van der Waals surface area contributed by atoms with Gasteiger partial charge in [-0.25, -0.2) is 0 Å². The van der Waals surface area contributed by atoms with Gasteiger partial charge in [0.15, 0.2) is 0 Å². The molecule has 0 spiro atoms. The average molecular weight is 270 g/mol. The summed E-state index contributed by atoms with van der Waals surface area (Å²) in [6.45, 7) is 7.36. The Morgan fingerprint density at radius 3 is 2.89 bits per heavy atom. The Bertz CT molecular complexity index is 375. The fourth-order valence-electron chi connectivity index (χ4n) is 3.13. The van der Waals surface area contributed by atoms with Gasteiger partial charge in [0.25, 0.3) is 0 Å². The third kappa shape index (κ3) is 2.89. The molecule has 0 amide bonds. The largest absolute Gasteiger partial charge is 0.317 e. The summed E-state index contributed by atoms with van der Waals surface area (Å²) in [5.41, 5.74) is 1.27. The van der Waals surface area contributed by atoms with Crippen molar-refractivity contribution in [3.8, 4) is 0 Å². The molecule has 2 rings (SSSR count). The van der Waals surface area contributed by atoms with E-state index in [9.17, 15) is 0 Å². The Balaban J connectivity index is 2.19. The average Bonchev–Trinajstić information content (AvgIpc) is 2.77. The van der Waals surface area contributed by atoms with Gasteiger partial charge in [-0.3, -0.25) is 4.68 Å². The molecular formula is C14H24ClN3. The van der Waals surface area contributed by atoms with Crippen molar-refractivity contribution in [3.05, 3.63) is 16.9 Å². The molecule has 4 heteroatoms. The van der Waals surface area contributed by atoms with Crippen LogP contribution in [0.15, 0.2) is 6.20 Å². The van der Waals surface area contributed by atoms with Crippen molar-refractivity contribution in [2.75, 3.05) is 13.1 Å². The van der Waals surface area contributed by atoms with E-state index in [4.69, 9.17) is 11.6 Å². The van der Waals surface area contributed by atoms with Gasteiger partial charge in [-0.05, 0) is 38.8 Å². The van der Waals surface area contributed by atoms with Crippen molar-refractivity contribution in [3.63, 3.8) is 0 Å². The molecule has 1 fully saturated rings. The van der Waals surface area contributed by atoms with Crippen LogP contribution in [0.2, 0.25) is 5.02 Å². The zero-order valence-electron chi connectivity index (χ0n) is 11.5. The van der Waals surface area contributed by atoms with Crippen LogP contribution in [0.4, 0.5) is 0 Å². The maximum Gasteiger partial charge on any atom is 0.0820 e. The second-order valence-electron chi connectivity index (χ2n) is 5.15. The molecular weight excluding hydrogens is 246 g/mol. The van der Waals surface area contributed by atoms with E-state index in [-0.39, 0.29) is 0 Å². The lowest BCUT2D eigenvalue weighted by atomic mass is 9.77. The van der Waals surface area contributed by atoms with E-state index in [2.05, 4.69) is 28.9 Å². The molecule has 1 aliphatic carbocycles. The predicted octanol–water partition coefficient (Wildman–Crippen LogP) is 3.44. The highest BCUT2D eigenvalue weighted by Crippen LogP contribution is 2.40. The molecule has 2 unspecified atom stereocenters. The van der Waals surface area contributed by atoms with Crippen LogP contribution in [0.25, 0.3) is 0 Å². The fraction of sp³-hybridized carbons (Fsp3) is 0.786. The van der Waals surface area contributed by atoms with Crippen LogP contribution >= 0.6 is 11.6 Å². The first-order chi connectivity index (χ1) is 8.77. The van der Waals surface area contributed by atoms with E-state index in [0.717, 1.165) is 24.7 Å². The third-order valence-corrected chi connectivity index (χ3v) is 4.34. The summed E-state index contributed by atoms with van der Waals surface area (Å²) >= 11 is 6.35. The molecule has 1 saturated carbocycles. The Kier molecular flexibility index (Phi) is 5.07. The van der Waals surface area contributed by atoms with Gasteiger partial charge in [0.05, 0.1) is 16.9 Å². The fourth-order valence-corrected chi connectivity index (χ4v) is 3.42. The van der Waals surface area contributed by atoms with E-state index >= 15 is 0 Å². The molecule has 1 heterocycles. The summed E-state index contributed by atoms with van der Waals surface area (Å²) in [6.07, 6.45) is 7.03. The molecule has 1 aliphatic rings. The van der Waals surface area contributed by atoms with Crippen molar-refractivity contribution in [2.45, 2.75) is 52.0 Å². The number of aromatic nitrogens is 2.